The van der Waals surface area contributed by atoms with Crippen molar-refractivity contribution in [3.8, 4) is 0 Å². The van der Waals surface area contributed by atoms with Crippen LogP contribution in [0.2, 0.25) is 0 Å². The molecule has 1 aromatic carbocycles. The Morgan fingerprint density at radius 2 is 1.95 bits per heavy atom. The second kappa shape index (κ2) is 5.89. The third kappa shape index (κ3) is 2.83. The number of hydrogen-bond acceptors (Lipinski definition) is 3. The number of hydrogen-bond donors (Lipinski definition) is 1. The minimum absolute atomic E-state index is 0.189. The smallest absolute Gasteiger partial charge is 0.265 e. The van der Waals surface area contributed by atoms with Crippen LogP contribution in [0.1, 0.15) is 30.9 Å². The van der Waals surface area contributed by atoms with Gasteiger partial charge in [0.2, 0.25) is 0 Å². The van der Waals surface area contributed by atoms with E-state index in [0.717, 1.165) is 5.56 Å². The van der Waals surface area contributed by atoms with Crippen LogP contribution in [0.5, 0.6) is 0 Å². The number of halogens is 1. The van der Waals surface area contributed by atoms with Gasteiger partial charge < -0.3 is 9.72 Å². The molecule has 0 amide bonds. The van der Waals surface area contributed by atoms with Crippen LogP contribution in [0, 0.1) is 0 Å². The van der Waals surface area contributed by atoms with E-state index in [1.165, 1.54) is 0 Å². The van der Waals surface area contributed by atoms with Crippen LogP contribution in [0.4, 0.5) is 0 Å². The summed E-state index contributed by atoms with van der Waals surface area (Å²) in [5.41, 5.74) is 1.12. The zero-order chi connectivity index (χ0) is 14.8. The third-order valence-electron chi connectivity index (χ3n) is 3.30. The number of methoxy groups -OCH3 is 1. The molecule has 1 N–H and O–H groups in total. The first-order chi connectivity index (χ1) is 9.46. The quantitative estimate of drug-likeness (QED) is 0.933. The Bertz CT molecular complexity index is 651. The van der Waals surface area contributed by atoms with E-state index in [4.69, 9.17) is 4.74 Å². The monoisotopic (exact) mass is 336 g/mol. The standard InChI is InChI=1S/C15H17BrN2O2/c1-15(2,10-7-5-4-6-8-10)14-17-11(9-20-3)12(16)13(19)18-14/h4-8H,9H2,1-3H3,(H,17,18,19). The topological polar surface area (TPSA) is 55.0 Å². The fourth-order valence-electron chi connectivity index (χ4n) is 2.03. The van der Waals surface area contributed by atoms with Gasteiger partial charge >= 0.3 is 0 Å². The molecule has 0 radical (unpaired) electrons. The van der Waals surface area contributed by atoms with Gasteiger partial charge in [0.05, 0.1) is 12.3 Å². The lowest BCUT2D eigenvalue weighted by molar-refractivity contribution is 0.180. The predicted molar refractivity (Wildman–Crippen MR) is 81.8 cm³/mol. The Morgan fingerprint density at radius 3 is 2.55 bits per heavy atom. The van der Waals surface area contributed by atoms with E-state index in [1.54, 1.807) is 7.11 Å². The van der Waals surface area contributed by atoms with Crippen LogP contribution in [-0.2, 0) is 16.8 Å². The molecule has 0 fully saturated rings. The molecule has 0 unspecified atom stereocenters. The average Bonchev–Trinajstić information content (AvgIpc) is 2.44. The zero-order valence-electron chi connectivity index (χ0n) is 11.7. The first kappa shape index (κ1) is 14.9. The molecule has 20 heavy (non-hydrogen) atoms. The van der Waals surface area contributed by atoms with E-state index in [2.05, 4.69) is 25.9 Å². The van der Waals surface area contributed by atoms with Crippen molar-refractivity contribution in [3.05, 3.63) is 62.2 Å². The van der Waals surface area contributed by atoms with E-state index in [0.29, 0.717) is 22.6 Å². The van der Waals surface area contributed by atoms with E-state index in [1.807, 2.05) is 44.2 Å². The summed E-state index contributed by atoms with van der Waals surface area (Å²) in [7, 11) is 1.58. The van der Waals surface area contributed by atoms with Gasteiger partial charge in [0.15, 0.2) is 0 Å². The summed E-state index contributed by atoms with van der Waals surface area (Å²) in [5.74, 6) is 0.629. The van der Waals surface area contributed by atoms with Gasteiger partial charge in [-0.3, -0.25) is 4.79 Å². The maximum Gasteiger partial charge on any atom is 0.265 e. The molecule has 1 aromatic heterocycles. The zero-order valence-corrected chi connectivity index (χ0v) is 13.3. The summed E-state index contributed by atoms with van der Waals surface area (Å²) < 4.78 is 5.51. The van der Waals surface area contributed by atoms with Gasteiger partial charge in [-0.05, 0) is 35.3 Å². The van der Waals surface area contributed by atoms with Crippen molar-refractivity contribution in [1.82, 2.24) is 9.97 Å². The molecule has 0 aliphatic carbocycles. The normalized spacial score (nSPS) is 11.6. The molecule has 0 saturated carbocycles. The molecule has 0 aliphatic rings. The van der Waals surface area contributed by atoms with Crippen molar-refractivity contribution < 1.29 is 4.74 Å². The maximum atomic E-state index is 12.0. The van der Waals surface area contributed by atoms with Crippen LogP contribution < -0.4 is 5.56 Å². The van der Waals surface area contributed by atoms with Crippen LogP contribution in [0.3, 0.4) is 0 Å². The highest BCUT2D eigenvalue weighted by Gasteiger charge is 2.27. The van der Waals surface area contributed by atoms with Crippen LogP contribution in [0.15, 0.2) is 39.6 Å². The number of aromatic nitrogens is 2. The lowest BCUT2D eigenvalue weighted by Crippen LogP contribution is -2.27. The Hall–Kier alpha value is -1.46. The minimum Gasteiger partial charge on any atom is -0.378 e. The highest BCUT2D eigenvalue weighted by Crippen LogP contribution is 2.28. The molecule has 0 atom stereocenters. The molecule has 5 heteroatoms. The summed E-state index contributed by atoms with van der Waals surface area (Å²) in [6.45, 7) is 4.36. The average molecular weight is 337 g/mol. The van der Waals surface area contributed by atoms with Crippen molar-refractivity contribution in [2.75, 3.05) is 7.11 Å². The number of rotatable bonds is 4. The highest BCUT2D eigenvalue weighted by molar-refractivity contribution is 9.10. The van der Waals surface area contributed by atoms with Crippen LogP contribution >= 0.6 is 15.9 Å². The third-order valence-corrected chi connectivity index (χ3v) is 4.12. The summed E-state index contributed by atoms with van der Waals surface area (Å²) in [4.78, 5) is 19.4. The molecule has 4 nitrogen and oxygen atoms in total. The molecule has 0 bridgehead atoms. The number of ether oxygens (including phenoxy) is 1. The van der Waals surface area contributed by atoms with Gasteiger partial charge in [-0.15, -0.1) is 0 Å². The Labute approximate surface area is 126 Å². The van der Waals surface area contributed by atoms with E-state index >= 15 is 0 Å². The molecule has 106 valence electrons. The van der Waals surface area contributed by atoms with Gasteiger partial charge in [-0.1, -0.05) is 30.3 Å². The fraction of sp³-hybridized carbons (Fsp3) is 0.333. The Morgan fingerprint density at radius 1 is 1.30 bits per heavy atom. The van der Waals surface area contributed by atoms with E-state index < -0.39 is 0 Å². The predicted octanol–water partition coefficient (Wildman–Crippen LogP) is 3.00. The first-order valence-electron chi connectivity index (χ1n) is 6.30. The molecule has 0 aliphatic heterocycles. The van der Waals surface area contributed by atoms with Crippen LogP contribution in [-0.4, -0.2) is 17.1 Å². The SMILES string of the molecule is COCc1nc(C(C)(C)c2ccccc2)[nH]c(=O)c1Br. The molecule has 1 heterocycles. The molecule has 2 rings (SSSR count). The molecule has 0 spiro atoms. The highest BCUT2D eigenvalue weighted by atomic mass is 79.9. The number of aromatic amines is 1. The first-order valence-corrected chi connectivity index (χ1v) is 7.09. The number of nitrogens with zero attached hydrogens (tertiary/aromatic N) is 1. The summed E-state index contributed by atoms with van der Waals surface area (Å²) in [6.07, 6.45) is 0. The van der Waals surface area contributed by atoms with Crippen molar-refractivity contribution in [2.24, 2.45) is 0 Å². The van der Waals surface area contributed by atoms with Gasteiger partial charge in [0.25, 0.3) is 5.56 Å². The summed E-state index contributed by atoms with van der Waals surface area (Å²) in [6, 6.07) is 9.97. The van der Waals surface area contributed by atoms with Crippen LogP contribution in [0.25, 0.3) is 0 Å². The number of nitrogens with one attached hydrogen (secondary N) is 1. The van der Waals surface area contributed by atoms with E-state index in [-0.39, 0.29) is 11.0 Å². The van der Waals surface area contributed by atoms with Gasteiger partial charge in [-0.2, -0.15) is 0 Å². The Kier molecular flexibility index (Phi) is 4.40. The lowest BCUT2D eigenvalue weighted by Gasteiger charge is -2.24. The van der Waals surface area contributed by atoms with Crippen molar-refractivity contribution in [3.63, 3.8) is 0 Å². The second-order valence-corrected chi connectivity index (χ2v) is 5.89. The summed E-state index contributed by atoms with van der Waals surface area (Å²) in [5, 5.41) is 0. The maximum absolute atomic E-state index is 12.0. The lowest BCUT2D eigenvalue weighted by atomic mass is 9.84. The molecule has 2 aromatic rings. The second-order valence-electron chi connectivity index (χ2n) is 5.10. The number of benzene rings is 1. The van der Waals surface area contributed by atoms with Gasteiger partial charge in [0.1, 0.15) is 10.3 Å². The van der Waals surface area contributed by atoms with Crippen molar-refractivity contribution >= 4 is 15.9 Å². The molecular formula is C15H17BrN2O2. The van der Waals surface area contributed by atoms with Gasteiger partial charge in [-0.25, -0.2) is 4.98 Å². The molecular weight excluding hydrogens is 320 g/mol. The minimum atomic E-state index is -0.385. The summed E-state index contributed by atoms with van der Waals surface area (Å²) >= 11 is 3.25. The van der Waals surface area contributed by atoms with E-state index in [9.17, 15) is 4.79 Å². The Balaban J connectivity index is 2.55. The fourth-order valence-corrected chi connectivity index (χ4v) is 2.33. The number of H-pyrrole nitrogens is 1. The van der Waals surface area contributed by atoms with Crippen molar-refractivity contribution in [1.29, 1.82) is 0 Å². The van der Waals surface area contributed by atoms with Gasteiger partial charge in [0, 0.05) is 12.5 Å². The van der Waals surface area contributed by atoms with Crippen molar-refractivity contribution in [2.45, 2.75) is 25.9 Å². The largest absolute Gasteiger partial charge is 0.378 e. The molecule has 0 saturated heterocycles.